The highest BCUT2D eigenvalue weighted by molar-refractivity contribution is 9.10. The number of ether oxygens (including phenoxy) is 2. The molecule has 0 unspecified atom stereocenters. The fraction of sp³-hybridized carbons (Fsp3) is 0.341. The van der Waals surface area contributed by atoms with E-state index >= 15 is 0 Å². The van der Waals surface area contributed by atoms with Crippen molar-refractivity contribution in [3.05, 3.63) is 128 Å². The minimum atomic E-state index is -0.564. The number of rotatable bonds is 12. The van der Waals surface area contributed by atoms with Crippen LogP contribution in [0, 0.1) is 45.1 Å². The van der Waals surface area contributed by atoms with Crippen LogP contribution in [0.15, 0.2) is 93.9 Å². The number of piperidine rings is 2. The second-order valence-corrected chi connectivity index (χ2v) is 16.3. The number of hydrogen-bond acceptors (Lipinski definition) is 8. The van der Waals surface area contributed by atoms with E-state index in [4.69, 9.17) is 9.47 Å². The molecule has 14 heteroatoms. The molecule has 0 aliphatic carbocycles. The third kappa shape index (κ3) is 11.9. The monoisotopic (exact) mass is 918 g/mol. The molecule has 0 radical (unpaired) electrons. The molecule has 2 fully saturated rings. The Morgan fingerprint density at radius 2 is 1.10 bits per heavy atom. The van der Waals surface area contributed by atoms with Gasteiger partial charge in [0, 0.05) is 40.7 Å². The number of carbonyl (C=O) groups excluding carboxylic acids is 3. The van der Waals surface area contributed by atoms with Gasteiger partial charge in [0.25, 0.3) is 11.8 Å². The summed E-state index contributed by atoms with van der Waals surface area (Å²) in [6, 6.07) is 27.5. The van der Waals surface area contributed by atoms with Crippen molar-refractivity contribution in [2.45, 2.75) is 45.1 Å². The van der Waals surface area contributed by atoms with E-state index in [9.17, 15) is 38.8 Å². The number of carbonyl (C=O) groups is 3. The zero-order valence-corrected chi connectivity index (χ0v) is 34.8. The van der Waals surface area contributed by atoms with Gasteiger partial charge in [-0.1, -0.05) is 56.1 Å². The van der Waals surface area contributed by atoms with Crippen molar-refractivity contribution >= 4 is 50.0 Å². The number of amides is 2. The third-order valence-corrected chi connectivity index (χ3v) is 11.5. The standard InChI is InChI=1S/C22H22BrFN2O3.C22H20BrFN2O3/c2*23-18-3-6-20(17(11-18)13-27)29-14-21(28)26-9-7-22(15-25,8-10-26)12-16-1-4-19(24)5-2-16/h1-6,11,27H,7-10,12-14H2;1-6,11,13H,7-10,12,14H2. The topological polar surface area (TPSA) is 144 Å². The van der Waals surface area contributed by atoms with Gasteiger partial charge in [0.05, 0.1) is 35.1 Å². The van der Waals surface area contributed by atoms with Crippen LogP contribution in [0.4, 0.5) is 8.78 Å². The van der Waals surface area contributed by atoms with Crippen molar-refractivity contribution in [3.8, 4) is 23.6 Å². The minimum Gasteiger partial charge on any atom is -0.483 e. The fourth-order valence-corrected chi connectivity index (χ4v) is 7.81. The lowest BCUT2D eigenvalue weighted by atomic mass is 9.75. The van der Waals surface area contributed by atoms with Gasteiger partial charge in [-0.25, -0.2) is 8.78 Å². The van der Waals surface area contributed by atoms with E-state index < -0.39 is 10.8 Å². The molecular formula is C44H42Br2F2N4O6. The van der Waals surface area contributed by atoms with E-state index in [1.807, 2.05) is 0 Å². The predicted molar refractivity (Wildman–Crippen MR) is 219 cm³/mol. The summed E-state index contributed by atoms with van der Waals surface area (Å²) in [7, 11) is 0. The first kappa shape index (κ1) is 44.0. The Bertz CT molecular complexity index is 2140. The van der Waals surface area contributed by atoms with E-state index in [1.165, 1.54) is 24.3 Å². The van der Waals surface area contributed by atoms with E-state index in [2.05, 4.69) is 44.0 Å². The number of nitrogens with zero attached hydrogens (tertiary/aromatic N) is 4. The highest BCUT2D eigenvalue weighted by atomic mass is 79.9. The summed E-state index contributed by atoms with van der Waals surface area (Å²) in [5.41, 5.74) is 1.69. The molecule has 2 saturated heterocycles. The van der Waals surface area contributed by atoms with Crippen molar-refractivity contribution in [2.75, 3.05) is 39.4 Å². The molecule has 302 valence electrons. The molecule has 2 aliphatic heterocycles. The molecule has 0 saturated carbocycles. The SMILES string of the molecule is N#CC1(Cc2ccc(F)cc2)CCN(C(=O)COc2ccc(Br)cc2C=O)CC1.N#CC1(Cc2ccc(F)cc2)CCN(C(=O)COc2ccc(Br)cc2CO)CC1. The molecule has 10 nitrogen and oxygen atoms in total. The van der Waals surface area contributed by atoms with Crippen molar-refractivity contribution in [2.24, 2.45) is 10.8 Å². The average Bonchev–Trinajstić information content (AvgIpc) is 3.24. The lowest BCUT2D eigenvalue weighted by Crippen LogP contribution is -2.45. The van der Waals surface area contributed by atoms with Crippen LogP contribution in [-0.4, -0.2) is 72.4 Å². The van der Waals surface area contributed by atoms with Crippen LogP contribution in [0.3, 0.4) is 0 Å². The quantitative estimate of drug-likeness (QED) is 0.141. The molecular weight excluding hydrogens is 878 g/mol. The Balaban J connectivity index is 0.000000221. The van der Waals surface area contributed by atoms with Gasteiger partial charge in [0.15, 0.2) is 19.5 Å². The number of benzene rings is 4. The van der Waals surface area contributed by atoms with Gasteiger partial charge >= 0.3 is 0 Å². The Morgan fingerprint density at radius 1 is 0.690 bits per heavy atom. The van der Waals surface area contributed by atoms with Crippen LogP contribution < -0.4 is 9.47 Å². The predicted octanol–water partition coefficient (Wildman–Crippen LogP) is 7.99. The molecule has 0 aromatic heterocycles. The summed E-state index contributed by atoms with van der Waals surface area (Å²) in [5, 5.41) is 28.9. The highest BCUT2D eigenvalue weighted by Gasteiger charge is 2.37. The molecule has 2 heterocycles. The van der Waals surface area contributed by atoms with Gasteiger partial charge < -0.3 is 24.4 Å². The normalized spacial score (nSPS) is 15.5. The number of likely N-dealkylation sites (tertiary alicyclic amines) is 2. The Morgan fingerprint density at radius 3 is 1.52 bits per heavy atom. The molecule has 58 heavy (non-hydrogen) atoms. The first-order valence-electron chi connectivity index (χ1n) is 18.7. The zero-order chi connectivity index (χ0) is 41.7. The minimum absolute atomic E-state index is 0.119. The molecule has 4 aromatic carbocycles. The molecule has 0 bridgehead atoms. The van der Waals surface area contributed by atoms with Crippen LogP contribution in [-0.2, 0) is 29.0 Å². The van der Waals surface area contributed by atoms with Gasteiger partial charge in [-0.05, 0) is 110 Å². The van der Waals surface area contributed by atoms with Gasteiger partial charge in [-0.15, -0.1) is 0 Å². The lowest BCUT2D eigenvalue weighted by molar-refractivity contribution is -0.136. The number of halogens is 4. The molecule has 1 N–H and O–H groups in total. The molecule has 0 spiro atoms. The number of aliphatic hydroxyl groups excluding tert-OH is 1. The van der Waals surface area contributed by atoms with Crippen molar-refractivity contribution in [1.82, 2.24) is 9.80 Å². The van der Waals surface area contributed by atoms with Crippen LogP contribution in [0.2, 0.25) is 0 Å². The second kappa shape index (κ2) is 20.5. The van der Waals surface area contributed by atoms with Crippen LogP contribution in [0.1, 0.15) is 52.7 Å². The van der Waals surface area contributed by atoms with Gasteiger partial charge in [0.2, 0.25) is 0 Å². The van der Waals surface area contributed by atoms with Gasteiger partial charge in [0.1, 0.15) is 23.1 Å². The number of aldehydes is 1. The van der Waals surface area contributed by atoms with E-state index in [0.717, 1.165) is 20.1 Å². The maximum absolute atomic E-state index is 13.1. The summed E-state index contributed by atoms with van der Waals surface area (Å²) in [6.07, 6.45) is 3.97. The Hall–Kier alpha value is -5.15. The Labute approximate surface area is 353 Å². The summed E-state index contributed by atoms with van der Waals surface area (Å²) in [6.45, 7) is 1.40. The fourth-order valence-electron chi connectivity index (χ4n) is 7.03. The van der Waals surface area contributed by atoms with Crippen LogP contribution >= 0.6 is 31.9 Å². The largest absolute Gasteiger partial charge is 0.483 e. The maximum atomic E-state index is 13.1. The smallest absolute Gasteiger partial charge is 0.260 e. The Kier molecular flexibility index (Phi) is 15.5. The van der Waals surface area contributed by atoms with Gasteiger partial charge in [-0.2, -0.15) is 10.5 Å². The maximum Gasteiger partial charge on any atom is 0.260 e. The number of hydrogen-bond donors (Lipinski definition) is 1. The third-order valence-electron chi connectivity index (χ3n) is 10.5. The molecule has 6 rings (SSSR count). The number of nitriles is 2. The first-order valence-corrected chi connectivity index (χ1v) is 20.2. The average molecular weight is 921 g/mol. The first-order chi connectivity index (χ1) is 27.9. The van der Waals surface area contributed by atoms with Crippen LogP contribution in [0.5, 0.6) is 11.5 Å². The molecule has 2 aliphatic rings. The van der Waals surface area contributed by atoms with Gasteiger partial charge in [-0.3, -0.25) is 14.4 Å². The highest BCUT2D eigenvalue weighted by Crippen LogP contribution is 2.36. The summed E-state index contributed by atoms with van der Waals surface area (Å²) < 4.78 is 38.9. The van der Waals surface area contributed by atoms with E-state index in [0.29, 0.717) is 93.6 Å². The van der Waals surface area contributed by atoms with E-state index in [1.54, 1.807) is 70.5 Å². The summed E-state index contributed by atoms with van der Waals surface area (Å²) >= 11 is 6.63. The van der Waals surface area contributed by atoms with Crippen molar-refractivity contribution < 1.29 is 37.7 Å². The van der Waals surface area contributed by atoms with Crippen LogP contribution in [0.25, 0.3) is 0 Å². The number of aliphatic hydroxyl groups is 1. The lowest BCUT2D eigenvalue weighted by Gasteiger charge is -2.37. The van der Waals surface area contributed by atoms with Crippen molar-refractivity contribution in [3.63, 3.8) is 0 Å². The molecule has 4 aromatic rings. The summed E-state index contributed by atoms with van der Waals surface area (Å²) in [4.78, 5) is 39.6. The van der Waals surface area contributed by atoms with E-state index in [-0.39, 0.29) is 43.3 Å². The summed E-state index contributed by atoms with van der Waals surface area (Å²) in [5.74, 6) is -0.0952. The van der Waals surface area contributed by atoms with Crippen molar-refractivity contribution in [1.29, 1.82) is 10.5 Å². The zero-order valence-electron chi connectivity index (χ0n) is 31.6. The second-order valence-electron chi connectivity index (χ2n) is 14.4. The molecule has 0 atom stereocenters. The molecule has 2 amide bonds.